The second-order valence-electron chi connectivity index (χ2n) is 2.95. The Kier molecular flexibility index (Phi) is 3.75. The van der Waals surface area contributed by atoms with Crippen molar-refractivity contribution in [2.45, 2.75) is 13.8 Å². The first-order valence-corrected chi connectivity index (χ1v) is 5.56. The maximum Gasteiger partial charge on any atom is 0.150 e. The van der Waals surface area contributed by atoms with Crippen molar-refractivity contribution in [3.05, 3.63) is 0 Å². The van der Waals surface area contributed by atoms with Crippen LogP contribution in [0.3, 0.4) is 0 Å². The van der Waals surface area contributed by atoms with Crippen molar-refractivity contribution in [1.29, 1.82) is 0 Å². The molecule has 1 N–H and O–H groups in total. The first kappa shape index (κ1) is 10.7. The molecule has 4 heteroatoms. The van der Waals surface area contributed by atoms with E-state index < -0.39 is 9.71 Å². The quantitative estimate of drug-likeness (QED) is 0.617. The lowest BCUT2D eigenvalue weighted by Gasteiger charge is -2.06. The van der Waals surface area contributed by atoms with E-state index in [0.29, 0.717) is 0 Å². The smallest absolute Gasteiger partial charge is 0.150 e. The minimum atomic E-state index is -2.22. The van der Waals surface area contributed by atoms with Crippen LogP contribution in [0.5, 0.6) is 0 Å². The summed E-state index contributed by atoms with van der Waals surface area (Å²) in [6.07, 6.45) is 1.47. The van der Waals surface area contributed by atoms with Crippen molar-refractivity contribution in [3.63, 3.8) is 0 Å². The number of hydrogen-bond acceptors (Lipinski definition) is 2. The van der Waals surface area contributed by atoms with Crippen LogP contribution in [0, 0.1) is 5.92 Å². The molecule has 0 amide bonds. The Bertz CT molecular complexity index is 229. The number of nitrogens with one attached hydrogen (secondary N) is 1. The maximum absolute atomic E-state index is 11.0. The normalized spacial score (nSPS) is 16.4. The van der Waals surface area contributed by atoms with Gasteiger partial charge < -0.3 is 0 Å². The molecule has 1 atom stereocenters. The van der Waals surface area contributed by atoms with Crippen LogP contribution in [0.15, 0.2) is 0 Å². The first-order valence-electron chi connectivity index (χ1n) is 3.42. The first-order chi connectivity index (χ1) is 4.83. The average molecular weight is 177 g/mol. The van der Waals surface area contributed by atoms with Crippen LogP contribution in [0.1, 0.15) is 13.8 Å². The molecular weight excluding hydrogens is 162 g/mol. The van der Waals surface area contributed by atoms with Crippen LogP contribution in [-0.2, 0) is 14.5 Å². The number of carbonyl (C=O) groups is 1. The average Bonchev–Trinajstić information content (AvgIpc) is 1.80. The topological polar surface area (TPSA) is 46.2 Å². The molecule has 0 heterocycles. The van der Waals surface area contributed by atoms with Crippen LogP contribution >= 0.6 is 0 Å². The van der Waals surface area contributed by atoms with Gasteiger partial charge in [0, 0.05) is 21.9 Å². The maximum atomic E-state index is 11.0. The van der Waals surface area contributed by atoms with Crippen molar-refractivity contribution in [3.8, 4) is 0 Å². The largest absolute Gasteiger partial charge is 0.298 e. The Hall–Kier alpha value is -0.350. The van der Waals surface area contributed by atoms with Crippen molar-refractivity contribution in [1.82, 2.24) is 4.72 Å². The van der Waals surface area contributed by atoms with Gasteiger partial charge in [0.05, 0.1) is 6.54 Å². The molecule has 0 fully saturated rings. The highest BCUT2D eigenvalue weighted by molar-refractivity contribution is 7.97. The predicted molar refractivity (Wildman–Crippen MR) is 49.0 cm³/mol. The summed E-state index contributed by atoms with van der Waals surface area (Å²) in [6.45, 7) is 3.77. The standard InChI is InChI=1S/C7H15NO2S/c1-6(2)7(9)5-8-11(3,4)10/h6H,3,5H2,1-2,4H3,(H,8,10). The zero-order chi connectivity index (χ0) is 9.07. The third-order valence-electron chi connectivity index (χ3n) is 1.20. The fourth-order valence-corrected chi connectivity index (χ4v) is 0.876. The fraction of sp³-hybridized carbons (Fsp3) is 0.714. The summed E-state index contributed by atoms with van der Waals surface area (Å²) in [5.74, 6) is 3.41. The van der Waals surface area contributed by atoms with Crippen molar-refractivity contribution >= 4 is 21.4 Å². The van der Waals surface area contributed by atoms with Crippen molar-refractivity contribution < 1.29 is 9.00 Å². The highest BCUT2D eigenvalue weighted by Gasteiger charge is 2.06. The second-order valence-corrected chi connectivity index (χ2v) is 5.25. The molecule has 1 unspecified atom stereocenters. The van der Waals surface area contributed by atoms with Gasteiger partial charge in [-0.2, -0.15) is 0 Å². The zero-order valence-corrected chi connectivity index (χ0v) is 8.03. The van der Waals surface area contributed by atoms with E-state index >= 15 is 0 Å². The monoisotopic (exact) mass is 177 g/mol. The number of hydrogen-bond donors (Lipinski definition) is 1. The minimum Gasteiger partial charge on any atom is -0.298 e. The Balaban J connectivity index is 3.83. The van der Waals surface area contributed by atoms with E-state index in [9.17, 15) is 9.00 Å². The van der Waals surface area contributed by atoms with Crippen molar-refractivity contribution in [2.24, 2.45) is 5.92 Å². The Labute approximate surface area is 68.3 Å². The second kappa shape index (κ2) is 3.88. The molecule has 66 valence electrons. The lowest BCUT2D eigenvalue weighted by molar-refractivity contribution is -0.120. The van der Waals surface area contributed by atoms with Gasteiger partial charge in [0.15, 0.2) is 0 Å². The molecule has 0 aliphatic carbocycles. The van der Waals surface area contributed by atoms with E-state index in [2.05, 4.69) is 10.6 Å². The van der Waals surface area contributed by atoms with Crippen LogP contribution in [0.2, 0.25) is 0 Å². The molecule has 0 aliphatic rings. The number of ketones is 1. The van der Waals surface area contributed by atoms with E-state index in [1.54, 1.807) is 0 Å². The van der Waals surface area contributed by atoms with E-state index in [4.69, 9.17) is 0 Å². The highest BCUT2D eigenvalue weighted by Crippen LogP contribution is 1.92. The van der Waals surface area contributed by atoms with Crippen LogP contribution in [0.4, 0.5) is 0 Å². The molecule has 0 rings (SSSR count). The molecule has 0 radical (unpaired) electrons. The molecule has 0 spiro atoms. The van der Waals surface area contributed by atoms with E-state index in [-0.39, 0.29) is 18.2 Å². The van der Waals surface area contributed by atoms with E-state index in [1.807, 2.05) is 13.8 Å². The van der Waals surface area contributed by atoms with Crippen molar-refractivity contribution in [2.75, 3.05) is 12.8 Å². The summed E-state index contributed by atoms with van der Waals surface area (Å²) in [6, 6.07) is 0. The SMILES string of the molecule is C=S(C)(=O)NCC(=O)C(C)C. The molecule has 0 aromatic rings. The molecule has 0 aromatic carbocycles. The molecule has 0 aromatic heterocycles. The summed E-state index contributed by atoms with van der Waals surface area (Å²) in [7, 11) is -2.22. The summed E-state index contributed by atoms with van der Waals surface area (Å²) in [5, 5.41) is 0. The molecule has 11 heavy (non-hydrogen) atoms. The molecular formula is C7H15NO2S. The number of carbonyl (C=O) groups excluding carboxylic acids is 1. The Morgan fingerprint density at radius 2 is 2.09 bits per heavy atom. The third kappa shape index (κ3) is 6.06. The summed E-state index contributed by atoms with van der Waals surface area (Å²) < 4.78 is 13.5. The molecule has 0 saturated carbocycles. The lowest BCUT2D eigenvalue weighted by Crippen LogP contribution is -2.30. The van der Waals surface area contributed by atoms with Gasteiger partial charge in [-0.3, -0.25) is 9.00 Å². The lowest BCUT2D eigenvalue weighted by atomic mass is 10.1. The summed E-state index contributed by atoms with van der Waals surface area (Å²) >= 11 is 0. The third-order valence-corrected chi connectivity index (χ3v) is 1.95. The number of rotatable bonds is 4. The minimum absolute atomic E-state index is 0.00995. The van der Waals surface area contributed by atoms with Gasteiger partial charge in [-0.1, -0.05) is 13.8 Å². The molecule has 0 aliphatic heterocycles. The Morgan fingerprint density at radius 1 is 1.64 bits per heavy atom. The molecule has 0 saturated heterocycles. The van der Waals surface area contributed by atoms with Gasteiger partial charge >= 0.3 is 0 Å². The summed E-state index contributed by atoms with van der Waals surface area (Å²) in [4.78, 5) is 11.0. The highest BCUT2D eigenvalue weighted by atomic mass is 32.2. The van der Waals surface area contributed by atoms with E-state index in [0.717, 1.165) is 0 Å². The zero-order valence-electron chi connectivity index (χ0n) is 7.22. The molecule has 3 nitrogen and oxygen atoms in total. The number of Topliss-reactive ketones (excluding diaryl/α,β-unsaturated/α-hetero) is 1. The van der Waals surface area contributed by atoms with Gasteiger partial charge in [-0.05, 0) is 5.87 Å². The van der Waals surface area contributed by atoms with Gasteiger partial charge in [-0.25, -0.2) is 4.72 Å². The Morgan fingerprint density at radius 3 is 2.36 bits per heavy atom. The fourth-order valence-electron chi connectivity index (χ4n) is 0.428. The van der Waals surface area contributed by atoms with Gasteiger partial charge in [-0.15, -0.1) is 0 Å². The summed E-state index contributed by atoms with van der Waals surface area (Å²) in [5.41, 5.74) is 0. The van der Waals surface area contributed by atoms with Crippen LogP contribution < -0.4 is 4.72 Å². The van der Waals surface area contributed by atoms with Gasteiger partial charge in [0.2, 0.25) is 0 Å². The van der Waals surface area contributed by atoms with Gasteiger partial charge in [0.1, 0.15) is 5.78 Å². The van der Waals surface area contributed by atoms with E-state index in [1.165, 1.54) is 6.26 Å². The predicted octanol–water partition coefficient (Wildman–Crippen LogP) is 0.0623. The molecule has 0 bridgehead atoms. The van der Waals surface area contributed by atoms with Crippen LogP contribution in [0.25, 0.3) is 0 Å². The van der Waals surface area contributed by atoms with Gasteiger partial charge in [0.25, 0.3) is 0 Å². The van der Waals surface area contributed by atoms with Crippen LogP contribution in [-0.4, -0.2) is 28.7 Å².